The van der Waals surface area contributed by atoms with E-state index in [4.69, 9.17) is 27.9 Å². The van der Waals surface area contributed by atoms with Crippen molar-refractivity contribution in [3.63, 3.8) is 0 Å². The predicted molar refractivity (Wildman–Crippen MR) is 101 cm³/mol. The molecule has 9 heteroatoms. The first-order valence-corrected chi connectivity index (χ1v) is 9.86. The van der Waals surface area contributed by atoms with Crippen molar-refractivity contribution in [1.29, 1.82) is 0 Å². The normalized spacial score (nSPS) is 11.3. The average molecular weight is 412 g/mol. The van der Waals surface area contributed by atoms with Crippen molar-refractivity contribution in [3.05, 3.63) is 71.0 Å². The molecule has 2 aromatic carbocycles. The second-order valence-electron chi connectivity index (χ2n) is 5.33. The van der Waals surface area contributed by atoms with Crippen molar-refractivity contribution in [2.45, 2.75) is 11.4 Å². The first-order valence-electron chi connectivity index (χ1n) is 7.62. The van der Waals surface area contributed by atoms with Crippen LogP contribution in [0.15, 0.2) is 65.8 Å². The summed E-state index contributed by atoms with van der Waals surface area (Å²) in [6, 6.07) is 12.8. The topological polar surface area (TPSA) is 73.2 Å². The van der Waals surface area contributed by atoms with Gasteiger partial charge in [0.1, 0.15) is 17.3 Å². The number of ether oxygens (including phenoxy) is 1. The third-order valence-corrected chi connectivity index (χ3v) is 5.52. The third-order valence-electron chi connectivity index (χ3n) is 3.42. The smallest absolute Gasteiger partial charge is 0.263 e. The van der Waals surface area contributed by atoms with E-state index in [9.17, 15) is 8.42 Å². The molecule has 0 aliphatic carbocycles. The molecular weight excluding hydrogens is 397 g/mol. The first kappa shape index (κ1) is 18.6. The average Bonchev–Trinajstić information content (AvgIpc) is 3.10. The van der Waals surface area contributed by atoms with Gasteiger partial charge >= 0.3 is 0 Å². The lowest BCUT2D eigenvalue weighted by atomic mass is 10.3. The Morgan fingerprint density at radius 1 is 1.12 bits per heavy atom. The molecule has 26 heavy (non-hydrogen) atoms. The Bertz CT molecular complexity index is 992. The van der Waals surface area contributed by atoms with Crippen LogP contribution in [-0.2, 0) is 16.6 Å². The fourth-order valence-corrected chi connectivity index (χ4v) is 4.05. The Kier molecular flexibility index (Phi) is 5.70. The zero-order chi connectivity index (χ0) is 18.6. The maximum absolute atomic E-state index is 12.5. The lowest BCUT2D eigenvalue weighted by Gasteiger charge is -2.12. The van der Waals surface area contributed by atoms with Crippen molar-refractivity contribution in [3.8, 4) is 5.75 Å². The van der Waals surface area contributed by atoms with Crippen molar-refractivity contribution in [1.82, 2.24) is 9.78 Å². The maximum atomic E-state index is 12.5. The van der Waals surface area contributed by atoms with Gasteiger partial charge < -0.3 is 4.74 Å². The van der Waals surface area contributed by atoms with E-state index < -0.39 is 10.0 Å². The Labute approximate surface area is 161 Å². The summed E-state index contributed by atoms with van der Waals surface area (Å²) in [6.45, 7) is 0.985. The molecule has 0 fully saturated rings. The summed E-state index contributed by atoms with van der Waals surface area (Å²) < 4.78 is 35.0. The van der Waals surface area contributed by atoms with Crippen LogP contribution in [0.25, 0.3) is 0 Å². The fourth-order valence-electron chi connectivity index (χ4n) is 2.23. The fraction of sp³-hybridized carbons (Fsp3) is 0.118. The Morgan fingerprint density at radius 2 is 1.96 bits per heavy atom. The standard InChI is InChI=1S/C17H15Cl2N3O3S/c18-13-5-6-16(19)17(11-13)26(23,24)21-14-3-1-4-15(12-14)25-10-9-22-8-2-7-20-22/h1-8,11-12,21H,9-10H2. The van der Waals surface area contributed by atoms with Crippen LogP contribution in [0.2, 0.25) is 10.0 Å². The molecule has 0 radical (unpaired) electrons. The van der Waals surface area contributed by atoms with Crippen LogP contribution in [0.3, 0.4) is 0 Å². The SMILES string of the molecule is O=S(=O)(Nc1cccc(OCCn2cccn2)c1)c1cc(Cl)ccc1Cl. The van der Waals surface area contributed by atoms with E-state index in [0.717, 1.165) is 0 Å². The molecule has 0 unspecified atom stereocenters. The highest BCUT2D eigenvalue weighted by molar-refractivity contribution is 7.92. The summed E-state index contributed by atoms with van der Waals surface area (Å²) in [4.78, 5) is -0.0864. The lowest BCUT2D eigenvalue weighted by molar-refractivity contribution is 0.291. The monoisotopic (exact) mass is 411 g/mol. The molecule has 0 atom stereocenters. The minimum absolute atomic E-state index is 0.0864. The number of sulfonamides is 1. The lowest BCUT2D eigenvalue weighted by Crippen LogP contribution is -2.14. The summed E-state index contributed by atoms with van der Waals surface area (Å²) in [5, 5.41) is 4.46. The minimum atomic E-state index is -3.88. The van der Waals surface area contributed by atoms with Crippen molar-refractivity contribution >= 4 is 38.9 Å². The Balaban J connectivity index is 1.70. The summed E-state index contributed by atoms with van der Waals surface area (Å²) in [5.41, 5.74) is 0.359. The van der Waals surface area contributed by atoms with Crippen molar-refractivity contribution in [2.24, 2.45) is 0 Å². The molecule has 0 spiro atoms. The maximum Gasteiger partial charge on any atom is 0.263 e. The number of rotatable bonds is 7. The van der Waals surface area contributed by atoms with Gasteiger partial charge in [0.05, 0.1) is 17.3 Å². The Morgan fingerprint density at radius 3 is 2.73 bits per heavy atom. The largest absolute Gasteiger partial charge is 0.492 e. The summed E-state index contributed by atoms with van der Waals surface area (Å²) in [5.74, 6) is 0.537. The molecule has 0 saturated carbocycles. The molecule has 0 aliphatic rings. The van der Waals surface area contributed by atoms with Gasteiger partial charge in [-0.3, -0.25) is 9.40 Å². The Hall–Kier alpha value is -2.22. The molecule has 1 aromatic heterocycles. The van der Waals surface area contributed by atoms with E-state index in [1.54, 1.807) is 35.1 Å². The molecule has 3 rings (SSSR count). The summed E-state index contributed by atoms with van der Waals surface area (Å²) in [7, 11) is -3.88. The molecular formula is C17H15Cl2N3O3S. The summed E-state index contributed by atoms with van der Waals surface area (Å²) >= 11 is 11.9. The number of aromatic nitrogens is 2. The molecule has 0 saturated heterocycles. The van der Waals surface area contributed by atoms with Crippen LogP contribution in [0.5, 0.6) is 5.75 Å². The highest BCUT2D eigenvalue weighted by Gasteiger charge is 2.18. The zero-order valence-corrected chi connectivity index (χ0v) is 15.8. The quantitative estimate of drug-likeness (QED) is 0.635. The van der Waals surface area contributed by atoms with E-state index in [1.165, 1.54) is 18.2 Å². The van der Waals surface area contributed by atoms with E-state index >= 15 is 0 Å². The highest BCUT2D eigenvalue weighted by Crippen LogP contribution is 2.27. The molecule has 0 bridgehead atoms. The van der Waals surface area contributed by atoms with Gasteiger partial charge in [-0.2, -0.15) is 5.10 Å². The second-order valence-corrected chi connectivity index (χ2v) is 7.82. The van der Waals surface area contributed by atoms with Crippen molar-refractivity contribution in [2.75, 3.05) is 11.3 Å². The first-order chi connectivity index (χ1) is 12.4. The molecule has 0 aliphatic heterocycles. The van der Waals surface area contributed by atoms with Gasteiger partial charge in [0, 0.05) is 23.5 Å². The van der Waals surface area contributed by atoms with Crippen LogP contribution < -0.4 is 9.46 Å². The van der Waals surface area contributed by atoms with Gasteiger partial charge in [0.2, 0.25) is 0 Å². The predicted octanol–water partition coefficient (Wildman–Crippen LogP) is 4.07. The molecule has 6 nitrogen and oxygen atoms in total. The van der Waals surface area contributed by atoms with Crippen LogP contribution in [-0.4, -0.2) is 24.8 Å². The molecule has 1 heterocycles. The van der Waals surface area contributed by atoms with E-state index in [0.29, 0.717) is 24.6 Å². The van der Waals surface area contributed by atoms with E-state index in [1.807, 2.05) is 12.3 Å². The molecule has 136 valence electrons. The molecule has 0 amide bonds. The number of nitrogens with zero attached hydrogens (tertiary/aromatic N) is 2. The highest BCUT2D eigenvalue weighted by atomic mass is 35.5. The van der Waals surface area contributed by atoms with Gasteiger partial charge in [-0.1, -0.05) is 29.3 Å². The number of benzene rings is 2. The number of halogens is 2. The van der Waals surface area contributed by atoms with Crippen LogP contribution in [0.1, 0.15) is 0 Å². The number of hydrogen-bond donors (Lipinski definition) is 1. The molecule has 1 N–H and O–H groups in total. The third kappa shape index (κ3) is 4.69. The molecule has 3 aromatic rings. The van der Waals surface area contributed by atoms with E-state index in [2.05, 4.69) is 9.82 Å². The zero-order valence-electron chi connectivity index (χ0n) is 13.5. The van der Waals surface area contributed by atoms with Crippen LogP contribution >= 0.6 is 23.2 Å². The van der Waals surface area contributed by atoms with Gasteiger partial charge in [-0.25, -0.2) is 8.42 Å². The number of hydrogen-bond acceptors (Lipinski definition) is 4. The van der Waals surface area contributed by atoms with Crippen LogP contribution in [0, 0.1) is 0 Å². The van der Waals surface area contributed by atoms with Crippen LogP contribution in [0.4, 0.5) is 5.69 Å². The van der Waals surface area contributed by atoms with Crippen molar-refractivity contribution < 1.29 is 13.2 Å². The second kappa shape index (κ2) is 7.99. The number of nitrogens with one attached hydrogen (secondary N) is 1. The summed E-state index contributed by atoms with van der Waals surface area (Å²) in [6.07, 6.45) is 3.53. The number of anilines is 1. The van der Waals surface area contributed by atoms with E-state index in [-0.39, 0.29) is 14.9 Å². The van der Waals surface area contributed by atoms with Gasteiger partial charge in [-0.05, 0) is 36.4 Å². The van der Waals surface area contributed by atoms with Gasteiger partial charge in [0.15, 0.2) is 0 Å². The van der Waals surface area contributed by atoms with Gasteiger partial charge in [0.25, 0.3) is 10.0 Å². The minimum Gasteiger partial charge on any atom is -0.492 e. The van der Waals surface area contributed by atoms with Gasteiger partial charge in [-0.15, -0.1) is 0 Å².